The maximum absolute atomic E-state index is 11.8. The van der Waals surface area contributed by atoms with Gasteiger partial charge in [-0.2, -0.15) is 0 Å². The first-order chi connectivity index (χ1) is 8.66. The normalized spacial score (nSPS) is 10.6. The van der Waals surface area contributed by atoms with Crippen molar-refractivity contribution < 1.29 is 0 Å². The van der Waals surface area contributed by atoms with Gasteiger partial charge in [0.1, 0.15) is 0 Å². The highest BCUT2D eigenvalue weighted by Gasteiger charge is 2.01. The van der Waals surface area contributed by atoms with Crippen LogP contribution in [0.2, 0.25) is 0 Å². The smallest absolute Gasteiger partial charge is 0.250 e. The van der Waals surface area contributed by atoms with Crippen LogP contribution in [0.1, 0.15) is 17.5 Å². The molecular weight excluding hydrogens is 337 g/mol. The number of hydrogen-bond donors (Lipinski definition) is 0. The van der Waals surface area contributed by atoms with Crippen LogP contribution in [0.25, 0.3) is 0 Å². The van der Waals surface area contributed by atoms with Crippen LogP contribution in [0.3, 0.4) is 0 Å². The summed E-state index contributed by atoms with van der Waals surface area (Å²) in [5.41, 5.74) is 2.48. The van der Waals surface area contributed by atoms with E-state index < -0.39 is 0 Å². The van der Waals surface area contributed by atoms with Crippen LogP contribution >= 0.6 is 22.6 Å². The lowest BCUT2D eigenvalue weighted by Gasteiger charge is -2.07. The van der Waals surface area contributed by atoms with E-state index in [1.165, 1.54) is 5.56 Å². The van der Waals surface area contributed by atoms with Gasteiger partial charge < -0.3 is 4.57 Å². The summed E-state index contributed by atoms with van der Waals surface area (Å²) in [5, 5.41) is 0. The number of benzene rings is 1. The molecule has 0 aliphatic heterocycles. The number of aryl methyl sites for hydroxylation is 3. The van der Waals surface area contributed by atoms with Crippen molar-refractivity contribution in [3.63, 3.8) is 0 Å². The van der Waals surface area contributed by atoms with Crippen molar-refractivity contribution in [1.29, 1.82) is 0 Å². The topological polar surface area (TPSA) is 22.0 Å². The molecule has 0 saturated heterocycles. The fraction of sp³-hybridized carbons (Fsp3) is 0.267. The van der Waals surface area contributed by atoms with Gasteiger partial charge in [0.05, 0.1) is 0 Å². The van der Waals surface area contributed by atoms with E-state index in [9.17, 15) is 4.79 Å². The molecule has 2 nitrogen and oxygen atoms in total. The minimum absolute atomic E-state index is 0.0981. The standard InChI is InChI=1S/C15H16INO/c1-12-10-15(18)17(11-14(12)16)9-5-8-13-6-3-2-4-7-13/h2-4,6-7,10-11H,5,8-9H2,1H3. The first-order valence-electron chi connectivity index (χ1n) is 6.07. The highest BCUT2D eigenvalue weighted by Crippen LogP contribution is 2.08. The highest BCUT2D eigenvalue weighted by atomic mass is 127. The molecule has 0 saturated carbocycles. The van der Waals surface area contributed by atoms with Crippen LogP contribution in [0.5, 0.6) is 0 Å². The zero-order valence-corrected chi connectivity index (χ0v) is 12.6. The number of pyridine rings is 1. The number of nitrogens with zero attached hydrogens (tertiary/aromatic N) is 1. The summed E-state index contributed by atoms with van der Waals surface area (Å²) in [6.45, 7) is 2.75. The molecule has 0 aliphatic carbocycles. The van der Waals surface area contributed by atoms with E-state index in [-0.39, 0.29) is 5.56 Å². The predicted molar refractivity (Wildman–Crippen MR) is 82.9 cm³/mol. The third kappa shape index (κ3) is 3.45. The fourth-order valence-corrected chi connectivity index (χ4v) is 2.40. The number of aromatic nitrogens is 1. The highest BCUT2D eigenvalue weighted by molar-refractivity contribution is 14.1. The second kappa shape index (κ2) is 6.18. The summed E-state index contributed by atoms with van der Waals surface area (Å²) in [6.07, 6.45) is 3.95. The van der Waals surface area contributed by atoms with Crippen LogP contribution in [-0.2, 0) is 13.0 Å². The first kappa shape index (κ1) is 13.3. The van der Waals surface area contributed by atoms with Crippen molar-refractivity contribution in [2.45, 2.75) is 26.3 Å². The molecule has 2 rings (SSSR count). The molecule has 0 amide bonds. The Morgan fingerprint density at radius 2 is 1.94 bits per heavy atom. The van der Waals surface area contributed by atoms with Gasteiger partial charge >= 0.3 is 0 Å². The first-order valence-corrected chi connectivity index (χ1v) is 7.15. The Hall–Kier alpha value is -1.10. The zero-order valence-electron chi connectivity index (χ0n) is 10.4. The van der Waals surface area contributed by atoms with E-state index in [1.54, 1.807) is 10.6 Å². The Morgan fingerprint density at radius 1 is 1.22 bits per heavy atom. The fourth-order valence-electron chi connectivity index (χ4n) is 1.91. The number of rotatable bonds is 4. The van der Waals surface area contributed by atoms with Crippen LogP contribution in [0.4, 0.5) is 0 Å². The van der Waals surface area contributed by atoms with Crippen molar-refractivity contribution >= 4 is 22.6 Å². The molecule has 1 aromatic carbocycles. The Morgan fingerprint density at radius 3 is 2.67 bits per heavy atom. The average Bonchev–Trinajstić information content (AvgIpc) is 2.37. The third-order valence-electron chi connectivity index (χ3n) is 2.98. The van der Waals surface area contributed by atoms with Gasteiger partial charge in [-0.15, -0.1) is 0 Å². The molecule has 18 heavy (non-hydrogen) atoms. The monoisotopic (exact) mass is 353 g/mol. The van der Waals surface area contributed by atoms with Gasteiger partial charge in [-0.05, 0) is 53.5 Å². The van der Waals surface area contributed by atoms with Gasteiger partial charge in [-0.1, -0.05) is 30.3 Å². The third-order valence-corrected chi connectivity index (χ3v) is 4.11. The van der Waals surface area contributed by atoms with Crippen LogP contribution < -0.4 is 5.56 Å². The molecule has 2 aromatic rings. The lowest BCUT2D eigenvalue weighted by molar-refractivity contribution is 0.619. The summed E-state index contributed by atoms with van der Waals surface area (Å²) in [6, 6.07) is 12.1. The molecule has 1 heterocycles. The van der Waals surface area contributed by atoms with Crippen molar-refractivity contribution in [2.75, 3.05) is 0 Å². The summed E-state index contributed by atoms with van der Waals surface area (Å²) in [7, 11) is 0. The van der Waals surface area contributed by atoms with Crippen LogP contribution in [-0.4, -0.2) is 4.57 Å². The van der Waals surface area contributed by atoms with Gasteiger partial charge in [0.25, 0.3) is 5.56 Å². The Bertz CT molecular complexity index is 575. The van der Waals surface area contributed by atoms with Crippen molar-refractivity contribution in [2.24, 2.45) is 0 Å². The second-order valence-corrected chi connectivity index (χ2v) is 5.59. The second-order valence-electron chi connectivity index (χ2n) is 4.43. The summed E-state index contributed by atoms with van der Waals surface area (Å²) in [5.74, 6) is 0. The molecule has 1 aromatic heterocycles. The minimum Gasteiger partial charge on any atom is -0.314 e. The van der Waals surface area contributed by atoms with Crippen LogP contribution in [0.15, 0.2) is 47.4 Å². The Labute approximate surface area is 121 Å². The van der Waals surface area contributed by atoms with Gasteiger partial charge in [-0.3, -0.25) is 4.79 Å². The van der Waals surface area contributed by atoms with Gasteiger partial charge in [-0.25, -0.2) is 0 Å². The molecule has 0 atom stereocenters. The number of halogens is 1. The van der Waals surface area contributed by atoms with Gasteiger partial charge in [0, 0.05) is 22.4 Å². The quantitative estimate of drug-likeness (QED) is 0.773. The molecule has 94 valence electrons. The molecule has 0 bridgehead atoms. The SMILES string of the molecule is Cc1cc(=O)n(CCCc2ccccc2)cc1I. The van der Waals surface area contributed by atoms with Gasteiger partial charge in [0.15, 0.2) is 0 Å². The molecule has 0 radical (unpaired) electrons. The predicted octanol–water partition coefficient (Wildman–Crippen LogP) is 3.39. The molecule has 0 fully saturated rings. The van der Waals surface area contributed by atoms with Crippen molar-refractivity contribution in [1.82, 2.24) is 4.57 Å². The molecular formula is C15H16INO. The Kier molecular flexibility index (Phi) is 4.58. The van der Waals surface area contributed by atoms with E-state index >= 15 is 0 Å². The molecule has 0 unspecified atom stereocenters. The maximum Gasteiger partial charge on any atom is 0.250 e. The van der Waals surface area contributed by atoms with Crippen molar-refractivity contribution in [3.8, 4) is 0 Å². The van der Waals surface area contributed by atoms with E-state index in [0.717, 1.165) is 28.5 Å². The molecule has 0 spiro atoms. The Balaban J connectivity index is 1.99. The maximum atomic E-state index is 11.8. The largest absolute Gasteiger partial charge is 0.314 e. The van der Waals surface area contributed by atoms with Gasteiger partial charge in [0.2, 0.25) is 0 Å². The lowest BCUT2D eigenvalue weighted by atomic mass is 10.1. The molecule has 0 N–H and O–H groups in total. The summed E-state index contributed by atoms with van der Waals surface area (Å²) >= 11 is 2.27. The number of hydrogen-bond acceptors (Lipinski definition) is 1. The zero-order chi connectivity index (χ0) is 13.0. The van der Waals surface area contributed by atoms with E-state index in [2.05, 4.69) is 46.9 Å². The average molecular weight is 353 g/mol. The molecule has 3 heteroatoms. The van der Waals surface area contributed by atoms with E-state index in [4.69, 9.17) is 0 Å². The lowest BCUT2D eigenvalue weighted by Crippen LogP contribution is -2.20. The minimum atomic E-state index is 0.0981. The summed E-state index contributed by atoms with van der Waals surface area (Å²) in [4.78, 5) is 11.8. The molecule has 0 aliphatic rings. The van der Waals surface area contributed by atoms with E-state index in [0.29, 0.717) is 0 Å². The summed E-state index contributed by atoms with van der Waals surface area (Å²) < 4.78 is 2.95. The van der Waals surface area contributed by atoms with E-state index in [1.807, 2.05) is 19.2 Å². The van der Waals surface area contributed by atoms with Crippen molar-refractivity contribution in [3.05, 3.63) is 67.6 Å². The van der Waals surface area contributed by atoms with Crippen LogP contribution in [0, 0.1) is 10.5 Å².